The van der Waals surface area contributed by atoms with Gasteiger partial charge in [-0.15, -0.1) is 0 Å². The standard InChI is InChI=1S/C14H18Cl2N2O2/c15-11-4-3-10(7-12(11)16)20-6-5-14(19)18-8-13(17)9-1-2-9/h3-4,7,9,13H,1-2,5-6,8,17H2,(H,18,19). The first kappa shape index (κ1) is 15.4. The van der Waals surface area contributed by atoms with Gasteiger partial charge in [-0.3, -0.25) is 4.79 Å². The second kappa shape index (κ2) is 7.16. The molecule has 1 saturated carbocycles. The highest BCUT2D eigenvalue weighted by Crippen LogP contribution is 2.31. The summed E-state index contributed by atoms with van der Waals surface area (Å²) in [5, 5.41) is 3.73. The van der Waals surface area contributed by atoms with Crippen LogP contribution >= 0.6 is 23.2 Å². The van der Waals surface area contributed by atoms with Crippen molar-refractivity contribution < 1.29 is 9.53 Å². The molecule has 1 amide bonds. The number of carbonyl (C=O) groups is 1. The van der Waals surface area contributed by atoms with Gasteiger partial charge in [0.25, 0.3) is 0 Å². The molecule has 0 aromatic heterocycles. The summed E-state index contributed by atoms with van der Waals surface area (Å²) in [6.45, 7) is 0.832. The van der Waals surface area contributed by atoms with Gasteiger partial charge < -0.3 is 15.8 Å². The van der Waals surface area contributed by atoms with Crippen molar-refractivity contribution in [3.8, 4) is 5.75 Å². The maximum Gasteiger partial charge on any atom is 0.223 e. The predicted octanol–water partition coefficient (Wildman–Crippen LogP) is 2.62. The molecule has 4 nitrogen and oxygen atoms in total. The number of benzene rings is 1. The van der Waals surface area contributed by atoms with Crippen molar-refractivity contribution in [3.05, 3.63) is 28.2 Å². The first-order valence-corrected chi connectivity index (χ1v) is 7.42. The highest BCUT2D eigenvalue weighted by Gasteiger charge is 2.28. The van der Waals surface area contributed by atoms with Gasteiger partial charge in [-0.25, -0.2) is 0 Å². The van der Waals surface area contributed by atoms with Gasteiger partial charge in [-0.05, 0) is 30.9 Å². The topological polar surface area (TPSA) is 64.3 Å². The average molecular weight is 317 g/mol. The van der Waals surface area contributed by atoms with Crippen LogP contribution in [-0.4, -0.2) is 25.1 Å². The van der Waals surface area contributed by atoms with E-state index < -0.39 is 0 Å². The number of ether oxygens (including phenoxy) is 1. The van der Waals surface area contributed by atoms with E-state index in [1.165, 1.54) is 12.8 Å². The Morgan fingerprint density at radius 2 is 2.15 bits per heavy atom. The molecule has 1 aliphatic carbocycles. The number of nitrogens with one attached hydrogen (secondary N) is 1. The quantitative estimate of drug-likeness (QED) is 0.812. The van der Waals surface area contributed by atoms with E-state index >= 15 is 0 Å². The van der Waals surface area contributed by atoms with Crippen molar-refractivity contribution in [1.29, 1.82) is 0 Å². The lowest BCUT2D eigenvalue weighted by molar-refractivity contribution is -0.121. The molecule has 1 atom stereocenters. The zero-order chi connectivity index (χ0) is 14.5. The number of hydrogen-bond acceptors (Lipinski definition) is 3. The maximum absolute atomic E-state index is 11.6. The first-order chi connectivity index (χ1) is 9.56. The maximum atomic E-state index is 11.6. The van der Waals surface area contributed by atoms with E-state index in [0.29, 0.717) is 34.9 Å². The average Bonchev–Trinajstić information content (AvgIpc) is 3.24. The van der Waals surface area contributed by atoms with Gasteiger partial charge in [0.05, 0.1) is 23.1 Å². The van der Waals surface area contributed by atoms with Gasteiger partial charge in [0.2, 0.25) is 5.91 Å². The van der Waals surface area contributed by atoms with Crippen LogP contribution in [0, 0.1) is 5.92 Å². The second-order valence-electron chi connectivity index (χ2n) is 4.98. The summed E-state index contributed by atoms with van der Waals surface area (Å²) in [7, 11) is 0. The fraction of sp³-hybridized carbons (Fsp3) is 0.500. The third-order valence-electron chi connectivity index (χ3n) is 3.25. The SMILES string of the molecule is NC(CNC(=O)CCOc1ccc(Cl)c(Cl)c1)C1CC1. The number of hydrogen-bond donors (Lipinski definition) is 2. The lowest BCUT2D eigenvalue weighted by atomic mass is 10.2. The van der Waals surface area contributed by atoms with Crippen molar-refractivity contribution in [2.45, 2.75) is 25.3 Å². The van der Waals surface area contributed by atoms with Crippen LogP contribution in [-0.2, 0) is 4.79 Å². The lowest BCUT2D eigenvalue weighted by Crippen LogP contribution is -2.38. The third kappa shape index (κ3) is 4.85. The molecule has 3 N–H and O–H groups in total. The van der Waals surface area contributed by atoms with Crippen LogP contribution in [0.4, 0.5) is 0 Å². The second-order valence-corrected chi connectivity index (χ2v) is 5.79. The third-order valence-corrected chi connectivity index (χ3v) is 3.99. The highest BCUT2D eigenvalue weighted by atomic mass is 35.5. The molecule has 0 saturated heterocycles. The minimum atomic E-state index is -0.0545. The van der Waals surface area contributed by atoms with Crippen molar-refractivity contribution in [1.82, 2.24) is 5.32 Å². The molecule has 2 rings (SSSR count). The molecule has 0 aliphatic heterocycles. The van der Waals surface area contributed by atoms with Crippen LogP contribution in [0.15, 0.2) is 18.2 Å². The molecule has 6 heteroatoms. The van der Waals surface area contributed by atoms with Crippen LogP contribution < -0.4 is 15.8 Å². The van der Waals surface area contributed by atoms with Gasteiger partial charge in [-0.2, -0.15) is 0 Å². The summed E-state index contributed by atoms with van der Waals surface area (Å²) in [4.78, 5) is 11.6. The number of halogens is 2. The summed E-state index contributed by atoms with van der Waals surface area (Å²) < 4.78 is 5.44. The van der Waals surface area contributed by atoms with E-state index in [-0.39, 0.29) is 18.4 Å². The Kier molecular flexibility index (Phi) is 5.52. The fourth-order valence-corrected chi connectivity index (χ4v) is 2.13. The van der Waals surface area contributed by atoms with E-state index in [2.05, 4.69) is 5.32 Å². The molecule has 110 valence electrons. The summed E-state index contributed by atoms with van der Waals surface area (Å²) in [5.41, 5.74) is 5.90. The molecule has 1 fully saturated rings. The molecular formula is C14H18Cl2N2O2. The van der Waals surface area contributed by atoms with Gasteiger partial charge in [-0.1, -0.05) is 23.2 Å². The monoisotopic (exact) mass is 316 g/mol. The summed E-state index contributed by atoms with van der Waals surface area (Å²) >= 11 is 11.7. The fourth-order valence-electron chi connectivity index (χ4n) is 1.84. The van der Waals surface area contributed by atoms with Crippen LogP contribution in [0.3, 0.4) is 0 Å². The molecule has 1 aromatic rings. The number of nitrogens with two attached hydrogens (primary N) is 1. The molecule has 20 heavy (non-hydrogen) atoms. The zero-order valence-electron chi connectivity index (χ0n) is 11.1. The molecule has 0 bridgehead atoms. The van der Waals surface area contributed by atoms with Gasteiger partial charge in [0.1, 0.15) is 5.75 Å². The Morgan fingerprint density at radius 1 is 1.40 bits per heavy atom. The van der Waals surface area contributed by atoms with E-state index in [1.807, 2.05) is 0 Å². The van der Waals surface area contributed by atoms with E-state index in [1.54, 1.807) is 18.2 Å². The van der Waals surface area contributed by atoms with Crippen molar-refractivity contribution >= 4 is 29.1 Å². The Balaban J connectivity index is 1.64. The summed E-state index contributed by atoms with van der Waals surface area (Å²) in [6.07, 6.45) is 2.65. The van der Waals surface area contributed by atoms with E-state index in [4.69, 9.17) is 33.7 Å². The van der Waals surface area contributed by atoms with Crippen LogP contribution in [0.25, 0.3) is 0 Å². The summed E-state index contributed by atoms with van der Waals surface area (Å²) in [5.74, 6) is 1.13. The Labute approximate surface area is 128 Å². The van der Waals surface area contributed by atoms with Crippen LogP contribution in [0.5, 0.6) is 5.75 Å². The van der Waals surface area contributed by atoms with Gasteiger partial charge >= 0.3 is 0 Å². The van der Waals surface area contributed by atoms with Gasteiger partial charge in [0, 0.05) is 18.7 Å². The molecule has 1 unspecified atom stereocenters. The number of rotatable bonds is 7. The lowest BCUT2D eigenvalue weighted by Gasteiger charge is -2.12. The van der Waals surface area contributed by atoms with Crippen molar-refractivity contribution in [2.24, 2.45) is 11.7 Å². The number of amides is 1. The van der Waals surface area contributed by atoms with Crippen LogP contribution in [0.2, 0.25) is 10.0 Å². The van der Waals surface area contributed by atoms with Crippen molar-refractivity contribution in [3.63, 3.8) is 0 Å². The first-order valence-electron chi connectivity index (χ1n) is 6.66. The molecular weight excluding hydrogens is 299 g/mol. The molecule has 1 aliphatic rings. The minimum Gasteiger partial charge on any atom is -0.493 e. The Bertz CT molecular complexity index is 478. The smallest absolute Gasteiger partial charge is 0.223 e. The molecule has 0 radical (unpaired) electrons. The highest BCUT2D eigenvalue weighted by molar-refractivity contribution is 6.42. The molecule has 0 spiro atoms. The number of carbonyl (C=O) groups excluding carboxylic acids is 1. The van der Waals surface area contributed by atoms with Gasteiger partial charge in [0.15, 0.2) is 0 Å². The largest absolute Gasteiger partial charge is 0.493 e. The van der Waals surface area contributed by atoms with Crippen molar-refractivity contribution in [2.75, 3.05) is 13.2 Å². The Morgan fingerprint density at radius 3 is 2.80 bits per heavy atom. The predicted molar refractivity (Wildman–Crippen MR) is 80.3 cm³/mol. The normalized spacial score (nSPS) is 15.8. The summed E-state index contributed by atoms with van der Waals surface area (Å²) in [6, 6.07) is 5.09. The Hall–Kier alpha value is -0.970. The van der Waals surface area contributed by atoms with Crippen LogP contribution in [0.1, 0.15) is 19.3 Å². The van der Waals surface area contributed by atoms with E-state index in [0.717, 1.165) is 0 Å². The molecule has 0 heterocycles. The minimum absolute atomic E-state index is 0.0545. The zero-order valence-corrected chi connectivity index (χ0v) is 12.6. The molecule has 1 aromatic carbocycles. The van der Waals surface area contributed by atoms with E-state index in [9.17, 15) is 4.79 Å².